The van der Waals surface area contributed by atoms with Crippen molar-refractivity contribution in [1.29, 1.82) is 0 Å². The number of pyridine rings is 1. The number of rotatable bonds is 6. The molecule has 0 unspecified atom stereocenters. The highest BCUT2D eigenvalue weighted by atomic mass is 19.1. The number of fused-ring (bicyclic) bond motifs is 2. The molecule has 1 aliphatic heterocycles. The largest absolute Gasteiger partial charge is 0.496 e. The third kappa shape index (κ3) is 4.68. The van der Waals surface area contributed by atoms with E-state index in [-0.39, 0.29) is 24.2 Å². The first-order chi connectivity index (χ1) is 17.0. The number of ether oxygens (including phenoxy) is 3. The van der Waals surface area contributed by atoms with Crippen LogP contribution in [0.4, 0.5) is 4.39 Å². The van der Waals surface area contributed by atoms with E-state index in [9.17, 15) is 14.0 Å². The Morgan fingerprint density at radius 2 is 1.71 bits per heavy atom. The molecule has 0 atom stereocenters. The highest BCUT2D eigenvalue weighted by Gasteiger charge is 2.21. The van der Waals surface area contributed by atoms with Gasteiger partial charge in [-0.25, -0.2) is 4.39 Å². The van der Waals surface area contributed by atoms with E-state index < -0.39 is 11.7 Å². The van der Waals surface area contributed by atoms with Crippen molar-refractivity contribution in [1.82, 2.24) is 9.88 Å². The fourth-order valence-electron chi connectivity index (χ4n) is 4.15. The van der Waals surface area contributed by atoms with Crippen molar-refractivity contribution in [2.45, 2.75) is 13.1 Å². The molecule has 0 saturated carbocycles. The van der Waals surface area contributed by atoms with Gasteiger partial charge in [-0.1, -0.05) is 24.3 Å². The zero-order valence-electron chi connectivity index (χ0n) is 19.0. The lowest BCUT2D eigenvalue weighted by molar-refractivity contribution is 0.0728. The van der Waals surface area contributed by atoms with Gasteiger partial charge in [0.05, 0.1) is 19.2 Å². The maximum absolute atomic E-state index is 13.9. The lowest BCUT2D eigenvalue weighted by atomic mass is 10.1. The highest BCUT2D eigenvalue weighted by molar-refractivity contribution is 5.94. The van der Waals surface area contributed by atoms with Crippen molar-refractivity contribution >= 4 is 16.8 Å². The van der Waals surface area contributed by atoms with Crippen molar-refractivity contribution in [3.05, 3.63) is 99.6 Å². The van der Waals surface area contributed by atoms with Crippen LogP contribution in [0, 0.1) is 5.82 Å². The summed E-state index contributed by atoms with van der Waals surface area (Å²) in [7, 11) is 1.55. The van der Waals surface area contributed by atoms with Crippen molar-refractivity contribution < 1.29 is 23.4 Å². The van der Waals surface area contributed by atoms with Gasteiger partial charge in [0.25, 0.3) is 11.5 Å². The van der Waals surface area contributed by atoms with Gasteiger partial charge in [-0.15, -0.1) is 0 Å². The van der Waals surface area contributed by atoms with Gasteiger partial charge in [0.15, 0.2) is 11.5 Å². The Balaban J connectivity index is 1.53. The Morgan fingerprint density at radius 3 is 2.49 bits per heavy atom. The maximum Gasteiger partial charge on any atom is 0.254 e. The van der Waals surface area contributed by atoms with Crippen LogP contribution in [0.25, 0.3) is 10.9 Å². The second-order valence-corrected chi connectivity index (χ2v) is 8.19. The third-order valence-electron chi connectivity index (χ3n) is 5.86. The Morgan fingerprint density at radius 1 is 0.971 bits per heavy atom. The monoisotopic (exact) mass is 474 g/mol. The molecule has 2 heterocycles. The van der Waals surface area contributed by atoms with Crippen LogP contribution in [0.3, 0.4) is 0 Å². The molecule has 35 heavy (non-hydrogen) atoms. The number of benzene rings is 3. The summed E-state index contributed by atoms with van der Waals surface area (Å²) < 4.78 is 30.6. The number of nitrogens with zero attached hydrogens (tertiary/aromatic N) is 1. The molecule has 0 aliphatic carbocycles. The van der Waals surface area contributed by atoms with Gasteiger partial charge in [-0.05, 0) is 36.4 Å². The Bertz CT molecular complexity index is 1470. The molecule has 0 radical (unpaired) electrons. The minimum absolute atomic E-state index is 0.00705. The molecular formula is C27H23FN2O5. The lowest BCUT2D eigenvalue weighted by Gasteiger charge is -2.24. The number of aromatic nitrogens is 1. The van der Waals surface area contributed by atoms with Crippen LogP contribution in [-0.2, 0) is 13.1 Å². The van der Waals surface area contributed by atoms with E-state index in [1.165, 1.54) is 23.1 Å². The molecule has 178 valence electrons. The molecule has 1 amide bonds. The SMILES string of the molecule is COc1ccccc1CN(Cc1cc2cc3c(cc2[nH]c1=O)OCCO3)C(=O)c1cccc(F)c1. The summed E-state index contributed by atoms with van der Waals surface area (Å²) in [6, 6.07) is 18.1. The van der Waals surface area contributed by atoms with E-state index in [1.807, 2.05) is 24.3 Å². The average Bonchev–Trinajstić information content (AvgIpc) is 2.87. The number of carbonyl (C=O) groups excluding carboxylic acids is 1. The number of methoxy groups -OCH3 is 1. The van der Waals surface area contributed by atoms with Crippen LogP contribution in [0.15, 0.2) is 71.5 Å². The van der Waals surface area contributed by atoms with Crippen LogP contribution in [0.1, 0.15) is 21.5 Å². The standard InChI is InChI=1S/C27H23FN2O5/c1-33-23-8-3-2-5-18(23)15-30(27(32)17-6-4-7-21(28)12-17)16-20-11-19-13-24-25(35-10-9-34-24)14-22(19)29-26(20)31/h2-8,11-14H,9-10,15-16H2,1H3,(H,29,31). The Hall–Kier alpha value is -4.33. The quantitative estimate of drug-likeness (QED) is 0.451. The summed E-state index contributed by atoms with van der Waals surface area (Å²) in [5, 5.41) is 0.749. The summed E-state index contributed by atoms with van der Waals surface area (Å²) in [5.41, 5.74) is 1.61. The van der Waals surface area contributed by atoms with E-state index in [0.717, 1.165) is 10.9 Å². The second kappa shape index (κ2) is 9.50. The summed E-state index contributed by atoms with van der Waals surface area (Å²) in [6.45, 7) is 1.07. The zero-order valence-corrected chi connectivity index (χ0v) is 19.0. The van der Waals surface area contributed by atoms with Gasteiger partial charge in [-0.3, -0.25) is 9.59 Å². The predicted molar refractivity (Wildman–Crippen MR) is 129 cm³/mol. The lowest BCUT2D eigenvalue weighted by Crippen LogP contribution is -2.32. The molecule has 1 aliphatic rings. The van der Waals surface area contributed by atoms with Gasteiger partial charge < -0.3 is 24.1 Å². The Kier molecular flexibility index (Phi) is 6.10. The maximum atomic E-state index is 13.9. The molecule has 0 saturated heterocycles. The van der Waals surface area contributed by atoms with E-state index in [2.05, 4.69) is 4.98 Å². The summed E-state index contributed by atoms with van der Waals surface area (Å²) in [4.78, 5) is 30.8. The molecule has 4 aromatic rings. The molecule has 8 heteroatoms. The third-order valence-corrected chi connectivity index (χ3v) is 5.86. The van der Waals surface area contributed by atoms with Crippen LogP contribution < -0.4 is 19.8 Å². The first-order valence-corrected chi connectivity index (χ1v) is 11.1. The molecule has 1 aromatic heterocycles. The van der Waals surface area contributed by atoms with Gasteiger partial charge >= 0.3 is 0 Å². The molecule has 1 N–H and O–H groups in total. The summed E-state index contributed by atoms with van der Waals surface area (Å²) >= 11 is 0. The van der Waals surface area contributed by atoms with Gasteiger partial charge in [-0.2, -0.15) is 0 Å². The molecule has 0 bridgehead atoms. The molecule has 0 fully saturated rings. The van der Waals surface area contributed by atoms with Crippen LogP contribution in [0.2, 0.25) is 0 Å². The smallest absolute Gasteiger partial charge is 0.254 e. The fraction of sp³-hybridized carbons (Fsp3) is 0.185. The number of hydrogen-bond donors (Lipinski definition) is 1. The molecule has 7 nitrogen and oxygen atoms in total. The fourth-order valence-corrected chi connectivity index (χ4v) is 4.15. The van der Waals surface area contributed by atoms with Crippen LogP contribution >= 0.6 is 0 Å². The zero-order chi connectivity index (χ0) is 24.4. The number of amides is 1. The number of hydrogen-bond acceptors (Lipinski definition) is 5. The molecule has 3 aromatic carbocycles. The highest BCUT2D eigenvalue weighted by Crippen LogP contribution is 2.34. The molecule has 0 spiro atoms. The number of halogens is 1. The number of H-pyrrole nitrogens is 1. The topological polar surface area (TPSA) is 80.9 Å². The second-order valence-electron chi connectivity index (χ2n) is 8.19. The van der Waals surface area contributed by atoms with Crippen LogP contribution in [0.5, 0.6) is 17.2 Å². The van der Waals surface area contributed by atoms with Crippen molar-refractivity contribution in [3.63, 3.8) is 0 Å². The van der Waals surface area contributed by atoms with Gasteiger partial charge in [0.1, 0.15) is 24.8 Å². The van der Waals surface area contributed by atoms with Crippen molar-refractivity contribution in [2.75, 3.05) is 20.3 Å². The number of aromatic amines is 1. The first kappa shape index (κ1) is 22.5. The first-order valence-electron chi connectivity index (χ1n) is 11.1. The van der Waals surface area contributed by atoms with E-state index in [4.69, 9.17) is 14.2 Å². The van der Waals surface area contributed by atoms with E-state index in [0.29, 0.717) is 41.5 Å². The number of nitrogens with one attached hydrogen (secondary N) is 1. The normalized spacial score (nSPS) is 12.4. The summed E-state index contributed by atoms with van der Waals surface area (Å²) in [6.07, 6.45) is 0. The van der Waals surface area contributed by atoms with Gasteiger partial charge in [0, 0.05) is 34.7 Å². The predicted octanol–water partition coefficient (Wildman–Crippen LogP) is 4.29. The Labute approximate surface area is 200 Å². The minimum atomic E-state index is -0.511. The van der Waals surface area contributed by atoms with E-state index in [1.54, 1.807) is 31.4 Å². The average molecular weight is 474 g/mol. The van der Waals surface area contributed by atoms with Crippen molar-refractivity contribution in [2.24, 2.45) is 0 Å². The minimum Gasteiger partial charge on any atom is -0.496 e. The number of para-hydroxylation sites is 1. The van der Waals surface area contributed by atoms with Crippen LogP contribution in [-0.4, -0.2) is 36.1 Å². The molecular weight excluding hydrogens is 451 g/mol. The number of carbonyl (C=O) groups is 1. The van der Waals surface area contributed by atoms with Crippen molar-refractivity contribution in [3.8, 4) is 17.2 Å². The van der Waals surface area contributed by atoms with Gasteiger partial charge in [0.2, 0.25) is 0 Å². The van der Waals surface area contributed by atoms with E-state index >= 15 is 0 Å². The molecule has 5 rings (SSSR count). The summed E-state index contributed by atoms with van der Waals surface area (Å²) in [5.74, 6) is 0.871.